The molecule has 0 saturated heterocycles. The molecule has 0 spiro atoms. The number of thiophene rings is 1. The molecule has 2 N–H and O–H groups in total. The third-order valence-electron chi connectivity index (χ3n) is 4.78. The number of nitrogens with two attached hydrogens (primary N) is 1. The number of benzene rings is 2. The summed E-state index contributed by atoms with van der Waals surface area (Å²) in [6.07, 6.45) is 0. The van der Waals surface area contributed by atoms with Gasteiger partial charge in [-0.2, -0.15) is 0 Å². The van der Waals surface area contributed by atoms with Crippen LogP contribution >= 0.6 is 23.1 Å². The van der Waals surface area contributed by atoms with Crippen molar-refractivity contribution in [2.24, 2.45) is 0 Å². The first kappa shape index (κ1) is 19.5. The summed E-state index contributed by atoms with van der Waals surface area (Å²) in [6, 6.07) is 19.3. The summed E-state index contributed by atoms with van der Waals surface area (Å²) in [5, 5.41) is 10.9. The van der Waals surface area contributed by atoms with Crippen LogP contribution in [0.5, 0.6) is 0 Å². The molecule has 0 saturated carbocycles. The highest BCUT2D eigenvalue weighted by Crippen LogP contribution is 2.36. The van der Waals surface area contributed by atoms with E-state index in [0.29, 0.717) is 27.2 Å². The van der Waals surface area contributed by atoms with Crippen LogP contribution < -0.4 is 11.4 Å². The molecule has 5 rings (SSSR count). The molecule has 0 aliphatic carbocycles. The van der Waals surface area contributed by atoms with E-state index >= 15 is 0 Å². The lowest BCUT2D eigenvalue weighted by Gasteiger charge is -2.10. The first-order valence-corrected chi connectivity index (χ1v) is 11.3. The van der Waals surface area contributed by atoms with E-state index in [1.807, 2.05) is 73.0 Å². The van der Waals surface area contributed by atoms with Crippen LogP contribution in [0.2, 0.25) is 0 Å². The Bertz CT molecular complexity index is 1410. The fourth-order valence-corrected chi connectivity index (χ4v) is 5.05. The summed E-state index contributed by atoms with van der Waals surface area (Å²) >= 11 is 2.73. The Hall–Kier alpha value is -3.43. The van der Waals surface area contributed by atoms with Crippen molar-refractivity contribution in [3.05, 3.63) is 82.3 Å². The minimum Gasteiger partial charge on any atom is -0.419 e. The molecule has 7 nitrogen and oxygen atoms in total. The smallest absolute Gasteiger partial charge is 0.282 e. The van der Waals surface area contributed by atoms with E-state index in [-0.39, 0.29) is 10.8 Å². The summed E-state index contributed by atoms with van der Waals surface area (Å²) in [6.45, 7) is 1.91. The highest BCUT2D eigenvalue weighted by molar-refractivity contribution is 7.99. The third kappa shape index (κ3) is 3.62. The predicted molar refractivity (Wildman–Crippen MR) is 123 cm³/mol. The SMILES string of the molecule is C[C@H](Sc1nc2scc(-c3ccccc3)c2c(=O)n1N)c1nnc(-c2ccccc2)o1. The van der Waals surface area contributed by atoms with Crippen molar-refractivity contribution in [1.29, 1.82) is 0 Å². The first-order chi connectivity index (χ1) is 15.1. The minimum atomic E-state index is -0.282. The molecule has 31 heavy (non-hydrogen) atoms. The summed E-state index contributed by atoms with van der Waals surface area (Å²) < 4.78 is 6.92. The quantitative estimate of drug-likeness (QED) is 0.236. The van der Waals surface area contributed by atoms with E-state index in [1.165, 1.54) is 23.1 Å². The van der Waals surface area contributed by atoms with Crippen LogP contribution in [-0.2, 0) is 0 Å². The predicted octanol–water partition coefficient (Wildman–Crippen LogP) is 4.74. The average Bonchev–Trinajstić information content (AvgIpc) is 3.46. The molecule has 0 radical (unpaired) electrons. The molecular weight excluding hydrogens is 430 g/mol. The lowest BCUT2D eigenvalue weighted by molar-refractivity contribution is 0.508. The van der Waals surface area contributed by atoms with E-state index in [4.69, 9.17) is 10.3 Å². The number of rotatable bonds is 5. The van der Waals surface area contributed by atoms with E-state index in [9.17, 15) is 4.79 Å². The van der Waals surface area contributed by atoms with Gasteiger partial charge in [0, 0.05) is 16.5 Å². The van der Waals surface area contributed by atoms with Gasteiger partial charge >= 0.3 is 0 Å². The van der Waals surface area contributed by atoms with Gasteiger partial charge in [0.25, 0.3) is 5.56 Å². The third-order valence-corrected chi connectivity index (χ3v) is 6.71. The number of thioether (sulfide) groups is 1. The Balaban J connectivity index is 1.47. The molecule has 5 aromatic rings. The van der Waals surface area contributed by atoms with Gasteiger partial charge in [-0.1, -0.05) is 60.3 Å². The van der Waals surface area contributed by atoms with Gasteiger partial charge in [0.1, 0.15) is 4.83 Å². The number of hydrogen-bond acceptors (Lipinski definition) is 8. The molecule has 154 valence electrons. The Morgan fingerprint density at radius 2 is 1.71 bits per heavy atom. The van der Waals surface area contributed by atoms with Crippen LogP contribution in [0.3, 0.4) is 0 Å². The topological polar surface area (TPSA) is 99.8 Å². The summed E-state index contributed by atoms with van der Waals surface area (Å²) in [5.41, 5.74) is 2.36. The maximum atomic E-state index is 13.1. The Morgan fingerprint density at radius 1 is 1.03 bits per heavy atom. The molecule has 0 aliphatic heterocycles. The molecule has 0 bridgehead atoms. The summed E-state index contributed by atoms with van der Waals surface area (Å²) in [7, 11) is 0. The second-order valence-electron chi connectivity index (χ2n) is 6.84. The molecule has 3 aromatic heterocycles. The number of hydrogen-bond donors (Lipinski definition) is 1. The van der Waals surface area contributed by atoms with Crippen molar-refractivity contribution in [2.45, 2.75) is 17.3 Å². The molecule has 9 heteroatoms. The van der Waals surface area contributed by atoms with E-state index in [2.05, 4.69) is 15.2 Å². The fourth-order valence-electron chi connectivity index (χ4n) is 3.20. The maximum Gasteiger partial charge on any atom is 0.282 e. The lowest BCUT2D eigenvalue weighted by atomic mass is 10.1. The minimum absolute atomic E-state index is 0.238. The lowest BCUT2D eigenvalue weighted by Crippen LogP contribution is -2.29. The van der Waals surface area contributed by atoms with Gasteiger partial charge in [0.2, 0.25) is 11.8 Å². The number of fused-ring (bicyclic) bond motifs is 1. The number of nitrogen functional groups attached to an aromatic ring is 1. The largest absolute Gasteiger partial charge is 0.419 e. The van der Waals surface area contributed by atoms with E-state index in [0.717, 1.165) is 21.4 Å². The van der Waals surface area contributed by atoms with Crippen LogP contribution in [0.4, 0.5) is 0 Å². The van der Waals surface area contributed by atoms with Gasteiger partial charge in [-0.3, -0.25) is 4.79 Å². The summed E-state index contributed by atoms with van der Waals surface area (Å²) in [4.78, 5) is 18.3. The molecular formula is C22H17N5O2S2. The van der Waals surface area contributed by atoms with Crippen molar-refractivity contribution >= 4 is 33.3 Å². The molecule has 2 aromatic carbocycles. The van der Waals surface area contributed by atoms with Gasteiger partial charge in [0.05, 0.1) is 10.6 Å². The van der Waals surface area contributed by atoms with Gasteiger partial charge in [-0.25, -0.2) is 9.66 Å². The zero-order valence-corrected chi connectivity index (χ0v) is 18.1. The molecule has 0 fully saturated rings. The van der Waals surface area contributed by atoms with Crippen LogP contribution in [-0.4, -0.2) is 19.9 Å². The van der Waals surface area contributed by atoms with Crippen molar-refractivity contribution in [1.82, 2.24) is 19.9 Å². The Kier molecular flexibility index (Phi) is 5.05. The van der Waals surface area contributed by atoms with Crippen LogP contribution in [0.1, 0.15) is 18.1 Å². The zero-order valence-electron chi connectivity index (χ0n) is 16.4. The second kappa shape index (κ2) is 8.01. The van der Waals surface area contributed by atoms with Gasteiger partial charge in [-0.05, 0) is 24.6 Å². The van der Waals surface area contributed by atoms with Gasteiger partial charge in [0.15, 0.2) is 5.16 Å². The first-order valence-electron chi connectivity index (χ1n) is 9.52. The second-order valence-corrected chi connectivity index (χ2v) is 9.00. The Morgan fingerprint density at radius 3 is 2.42 bits per heavy atom. The van der Waals surface area contributed by atoms with E-state index in [1.54, 1.807) is 0 Å². The van der Waals surface area contributed by atoms with Gasteiger partial charge < -0.3 is 10.3 Å². The normalized spacial score (nSPS) is 12.3. The highest BCUT2D eigenvalue weighted by Gasteiger charge is 2.21. The molecule has 1 atom stereocenters. The number of aromatic nitrogens is 4. The maximum absolute atomic E-state index is 13.1. The van der Waals surface area contributed by atoms with Gasteiger partial charge in [-0.15, -0.1) is 21.5 Å². The fraction of sp³-hybridized carbons (Fsp3) is 0.0909. The molecule has 0 unspecified atom stereocenters. The zero-order chi connectivity index (χ0) is 21.4. The van der Waals surface area contributed by atoms with Crippen molar-refractivity contribution in [3.8, 4) is 22.6 Å². The molecule has 3 heterocycles. The van der Waals surface area contributed by atoms with Crippen LogP contribution in [0.25, 0.3) is 32.8 Å². The standard InChI is InChI=1S/C22H17N5O2S2/c1-13(18-25-26-19(29-18)15-10-6-3-7-11-15)31-22-24-20-17(21(28)27(22)23)16(12-30-20)14-8-4-2-5-9-14/h2-13H,23H2,1H3/t13-/m0/s1. The van der Waals surface area contributed by atoms with Crippen molar-refractivity contribution in [3.63, 3.8) is 0 Å². The van der Waals surface area contributed by atoms with Crippen LogP contribution in [0.15, 0.2) is 80.4 Å². The average molecular weight is 448 g/mol. The molecule has 0 amide bonds. The number of nitrogens with zero attached hydrogens (tertiary/aromatic N) is 4. The van der Waals surface area contributed by atoms with Crippen LogP contribution in [0, 0.1) is 0 Å². The molecule has 0 aliphatic rings. The highest BCUT2D eigenvalue weighted by atomic mass is 32.2. The van der Waals surface area contributed by atoms with E-state index < -0.39 is 0 Å². The summed E-state index contributed by atoms with van der Waals surface area (Å²) in [5.74, 6) is 7.02. The van der Waals surface area contributed by atoms with Crippen molar-refractivity contribution in [2.75, 3.05) is 5.84 Å². The van der Waals surface area contributed by atoms with Crippen molar-refractivity contribution < 1.29 is 4.42 Å². The Labute approximate surface area is 185 Å². The monoisotopic (exact) mass is 447 g/mol.